The van der Waals surface area contributed by atoms with E-state index in [1.54, 1.807) is 38.5 Å². The van der Waals surface area contributed by atoms with Crippen LogP contribution in [0.25, 0.3) is 22.5 Å². The third-order valence-corrected chi connectivity index (χ3v) is 3.97. The lowest BCUT2D eigenvalue weighted by Gasteiger charge is -2.11. The topological polar surface area (TPSA) is 83.3 Å². The Hall–Kier alpha value is -3.48. The van der Waals surface area contributed by atoms with E-state index in [1.807, 2.05) is 24.3 Å². The van der Waals surface area contributed by atoms with Crippen LogP contribution in [0.3, 0.4) is 0 Å². The lowest BCUT2D eigenvalue weighted by atomic mass is 10.0. The van der Waals surface area contributed by atoms with Crippen LogP contribution in [0.1, 0.15) is 6.92 Å². The maximum Gasteiger partial charge on any atom is 0.365 e. The molecule has 1 heterocycles. The molecule has 27 heavy (non-hydrogen) atoms. The van der Waals surface area contributed by atoms with Gasteiger partial charge in [0.15, 0.2) is 5.78 Å². The van der Waals surface area contributed by atoms with Crippen LogP contribution >= 0.6 is 0 Å². The fourth-order valence-electron chi connectivity index (χ4n) is 2.62. The zero-order valence-corrected chi connectivity index (χ0v) is 15.3. The number of benzene rings is 2. The fraction of sp³-hybridized carbons (Fsp3) is 0.200. The number of carbonyl (C=O) groups is 1. The summed E-state index contributed by atoms with van der Waals surface area (Å²) in [6, 6.07) is 14.5. The summed E-state index contributed by atoms with van der Waals surface area (Å²) in [5.41, 5.74) is 1.84. The van der Waals surface area contributed by atoms with Crippen LogP contribution in [0.15, 0.2) is 53.3 Å². The Morgan fingerprint density at radius 3 is 1.81 bits per heavy atom. The predicted molar refractivity (Wildman–Crippen MR) is 101 cm³/mol. The van der Waals surface area contributed by atoms with Gasteiger partial charge in [-0.15, -0.1) is 0 Å². The number of nitrogens with zero attached hydrogens (tertiary/aromatic N) is 3. The Morgan fingerprint density at radius 2 is 1.37 bits per heavy atom. The first-order valence-electron chi connectivity index (χ1n) is 8.29. The largest absolute Gasteiger partial charge is 0.497 e. The molecule has 3 aromatic rings. The molecule has 0 atom stereocenters. The fourth-order valence-corrected chi connectivity index (χ4v) is 2.62. The summed E-state index contributed by atoms with van der Waals surface area (Å²) in [5.74, 6) is 1.22. The average molecular weight is 365 g/mol. The van der Waals surface area contributed by atoms with Crippen LogP contribution < -0.4 is 15.2 Å². The van der Waals surface area contributed by atoms with Gasteiger partial charge < -0.3 is 9.47 Å². The van der Waals surface area contributed by atoms with Gasteiger partial charge in [0, 0.05) is 11.1 Å². The molecule has 138 valence electrons. The molecule has 0 aliphatic rings. The van der Waals surface area contributed by atoms with Crippen LogP contribution in [-0.2, 0) is 11.3 Å². The molecule has 0 saturated heterocycles. The number of aromatic nitrogens is 3. The Bertz CT molecular complexity index is 1010. The number of carbonyl (C=O) groups excluding carboxylic acids is 1. The van der Waals surface area contributed by atoms with Crippen molar-refractivity contribution in [3.8, 4) is 34.0 Å². The smallest absolute Gasteiger partial charge is 0.365 e. The molecule has 7 heteroatoms. The molecule has 0 radical (unpaired) electrons. The molecule has 0 N–H and O–H groups in total. The first-order chi connectivity index (χ1) is 13.0. The highest BCUT2D eigenvalue weighted by Crippen LogP contribution is 2.29. The minimum Gasteiger partial charge on any atom is -0.497 e. The number of hydrogen-bond donors (Lipinski definition) is 0. The summed E-state index contributed by atoms with van der Waals surface area (Å²) >= 11 is 0. The molecule has 0 aliphatic carbocycles. The van der Waals surface area contributed by atoms with Gasteiger partial charge in [-0.3, -0.25) is 4.79 Å². The maximum atomic E-state index is 12.3. The van der Waals surface area contributed by atoms with Crippen LogP contribution in [-0.4, -0.2) is 34.8 Å². The van der Waals surface area contributed by atoms with Crippen molar-refractivity contribution in [3.05, 3.63) is 59.0 Å². The van der Waals surface area contributed by atoms with Crippen molar-refractivity contribution in [1.29, 1.82) is 0 Å². The van der Waals surface area contributed by atoms with E-state index >= 15 is 0 Å². The van der Waals surface area contributed by atoms with Gasteiger partial charge in [-0.25, -0.2) is 9.48 Å². The predicted octanol–water partition coefficient (Wildman–Crippen LogP) is 2.58. The summed E-state index contributed by atoms with van der Waals surface area (Å²) < 4.78 is 11.4. The number of ketones is 1. The normalized spacial score (nSPS) is 10.5. The van der Waals surface area contributed by atoms with Gasteiger partial charge >= 0.3 is 5.69 Å². The number of rotatable bonds is 6. The van der Waals surface area contributed by atoms with E-state index in [4.69, 9.17) is 9.47 Å². The van der Waals surface area contributed by atoms with Crippen LogP contribution in [0, 0.1) is 0 Å². The van der Waals surface area contributed by atoms with E-state index in [-0.39, 0.29) is 12.3 Å². The number of hydrogen-bond acceptors (Lipinski definition) is 6. The summed E-state index contributed by atoms with van der Waals surface area (Å²) in [6.07, 6.45) is 0. The molecule has 0 spiro atoms. The quantitative estimate of drug-likeness (QED) is 0.668. The standard InChI is InChI=1S/C20H19N3O4/c1-13(24)12-23-20(25)21-18(14-4-8-16(26-2)9-5-14)19(22-23)15-6-10-17(27-3)11-7-15/h4-11H,12H2,1-3H3. The van der Waals surface area contributed by atoms with Gasteiger partial charge in [-0.2, -0.15) is 10.1 Å². The molecular weight excluding hydrogens is 346 g/mol. The first-order valence-corrected chi connectivity index (χ1v) is 8.29. The minimum atomic E-state index is -0.576. The maximum absolute atomic E-state index is 12.3. The molecule has 0 aliphatic heterocycles. The Kier molecular flexibility index (Phi) is 5.30. The molecule has 0 fully saturated rings. The zero-order chi connectivity index (χ0) is 19.4. The van der Waals surface area contributed by atoms with Crippen LogP contribution in [0.2, 0.25) is 0 Å². The Morgan fingerprint density at radius 1 is 0.889 bits per heavy atom. The second-order valence-electron chi connectivity index (χ2n) is 5.91. The first kappa shape index (κ1) is 18.3. The zero-order valence-electron chi connectivity index (χ0n) is 15.3. The van der Waals surface area contributed by atoms with Crippen molar-refractivity contribution >= 4 is 5.78 Å². The van der Waals surface area contributed by atoms with E-state index < -0.39 is 5.69 Å². The highest BCUT2D eigenvalue weighted by Gasteiger charge is 2.16. The molecule has 3 rings (SSSR count). The van der Waals surface area contributed by atoms with E-state index in [1.165, 1.54) is 6.92 Å². The molecule has 0 saturated carbocycles. The third kappa shape index (κ3) is 4.03. The van der Waals surface area contributed by atoms with Crippen molar-refractivity contribution in [3.63, 3.8) is 0 Å². The van der Waals surface area contributed by atoms with E-state index in [2.05, 4.69) is 10.1 Å². The van der Waals surface area contributed by atoms with Gasteiger partial charge in [0.2, 0.25) is 0 Å². The van der Waals surface area contributed by atoms with Crippen molar-refractivity contribution < 1.29 is 14.3 Å². The summed E-state index contributed by atoms with van der Waals surface area (Å²) in [6.45, 7) is 1.27. The minimum absolute atomic E-state index is 0.127. The highest BCUT2D eigenvalue weighted by molar-refractivity contribution is 5.78. The third-order valence-electron chi connectivity index (χ3n) is 3.97. The van der Waals surface area contributed by atoms with E-state index in [0.717, 1.165) is 15.8 Å². The van der Waals surface area contributed by atoms with Gasteiger partial charge in [0.1, 0.15) is 29.4 Å². The summed E-state index contributed by atoms with van der Waals surface area (Å²) in [4.78, 5) is 28.0. The van der Waals surface area contributed by atoms with Crippen molar-refractivity contribution in [2.24, 2.45) is 0 Å². The molecule has 7 nitrogen and oxygen atoms in total. The lowest BCUT2D eigenvalue weighted by Crippen LogP contribution is -2.29. The second-order valence-corrected chi connectivity index (χ2v) is 5.91. The molecule has 0 unspecified atom stereocenters. The van der Waals surface area contributed by atoms with Crippen LogP contribution in [0.5, 0.6) is 11.5 Å². The molecule has 0 bridgehead atoms. The van der Waals surface area contributed by atoms with Gasteiger partial charge in [0.05, 0.1) is 14.2 Å². The van der Waals surface area contributed by atoms with Gasteiger partial charge in [-0.1, -0.05) is 0 Å². The van der Waals surface area contributed by atoms with E-state index in [0.29, 0.717) is 22.9 Å². The highest BCUT2D eigenvalue weighted by atomic mass is 16.5. The number of methoxy groups -OCH3 is 2. The second kappa shape index (κ2) is 7.82. The average Bonchev–Trinajstić information content (AvgIpc) is 2.69. The Balaban J connectivity index is 2.18. The van der Waals surface area contributed by atoms with Crippen molar-refractivity contribution in [2.45, 2.75) is 13.5 Å². The number of ether oxygens (including phenoxy) is 2. The van der Waals surface area contributed by atoms with Crippen molar-refractivity contribution in [1.82, 2.24) is 14.8 Å². The van der Waals surface area contributed by atoms with Crippen LogP contribution in [0.4, 0.5) is 0 Å². The lowest BCUT2D eigenvalue weighted by molar-refractivity contribution is -0.117. The molecule has 1 aromatic heterocycles. The molecule has 0 amide bonds. The monoisotopic (exact) mass is 365 g/mol. The summed E-state index contributed by atoms with van der Waals surface area (Å²) in [5, 5.41) is 4.41. The van der Waals surface area contributed by atoms with Gasteiger partial charge in [0.25, 0.3) is 0 Å². The molecular formula is C20H19N3O4. The van der Waals surface area contributed by atoms with E-state index in [9.17, 15) is 9.59 Å². The number of Topliss-reactive ketones (excluding diaryl/α,β-unsaturated/α-hetero) is 1. The molecule has 2 aromatic carbocycles. The van der Waals surface area contributed by atoms with Gasteiger partial charge in [-0.05, 0) is 55.5 Å². The SMILES string of the molecule is COc1ccc(-c2nc(=O)n(CC(C)=O)nc2-c2ccc(OC)cc2)cc1. The summed E-state index contributed by atoms with van der Waals surface area (Å²) in [7, 11) is 3.17. The Labute approximate surface area is 156 Å². The van der Waals surface area contributed by atoms with Crippen molar-refractivity contribution in [2.75, 3.05) is 14.2 Å².